The lowest BCUT2D eigenvalue weighted by atomic mass is 9.98. The van der Waals surface area contributed by atoms with E-state index in [-0.39, 0.29) is 5.82 Å². The minimum absolute atomic E-state index is 0.330. The summed E-state index contributed by atoms with van der Waals surface area (Å²) in [6.07, 6.45) is 0. The van der Waals surface area contributed by atoms with E-state index in [1.807, 2.05) is 0 Å². The van der Waals surface area contributed by atoms with E-state index in [0.29, 0.717) is 22.3 Å². The molecule has 2 aromatic rings. The number of aryl methyl sites for hydroxylation is 1. The van der Waals surface area contributed by atoms with Crippen molar-refractivity contribution in [3.05, 3.63) is 58.9 Å². The van der Waals surface area contributed by atoms with Crippen LogP contribution in [-0.4, -0.2) is 0 Å². The van der Waals surface area contributed by atoms with Crippen LogP contribution in [0.4, 0.5) is 13.2 Å². The number of rotatable bonds is 1. The van der Waals surface area contributed by atoms with Crippen molar-refractivity contribution in [2.75, 3.05) is 0 Å². The molecular weight excluding hydrogens is 225 g/mol. The van der Waals surface area contributed by atoms with Crippen LogP contribution in [0.15, 0.2) is 30.3 Å². The standard InChI is InChI=1S/C14H11F3/c1-8-5-10(3-4-13(8)16)12-6-11(15)7-14(17)9(12)2/h3-7H,1-2H3. The molecule has 0 bridgehead atoms. The molecule has 0 radical (unpaired) electrons. The lowest BCUT2D eigenvalue weighted by Crippen LogP contribution is -1.92. The molecule has 2 aromatic carbocycles. The van der Waals surface area contributed by atoms with Crippen molar-refractivity contribution in [3.8, 4) is 11.1 Å². The molecule has 0 aliphatic carbocycles. The van der Waals surface area contributed by atoms with E-state index < -0.39 is 11.6 Å². The topological polar surface area (TPSA) is 0 Å². The first-order valence-electron chi connectivity index (χ1n) is 5.21. The molecule has 0 aliphatic rings. The van der Waals surface area contributed by atoms with Crippen molar-refractivity contribution in [1.82, 2.24) is 0 Å². The van der Waals surface area contributed by atoms with Crippen molar-refractivity contribution < 1.29 is 13.2 Å². The largest absolute Gasteiger partial charge is 0.207 e. The highest BCUT2D eigenvalue weighted by atomic mass is 19.1. The van der Waals surface area contributed by atoms with Gasteiger partial charge >= 0.3 is 0 Å². The van der Waals surface area contributed by atoms with Crippen LogP contribution in [0.25, 0.3) is 11.1 Å². The first-order chi connectivity index (χ1) is 7.99. The molecule has 0 nitrogen and oxygen atoms in total. The maximum atomic E-state index is 13.4. The molecular formula is C14H11F3. The molecule has 0 saturated heterocycles. The fraction of sp³-hybridized carbons (Fsp3) is 0.143. The van der Waals surface area contributed by atoms with Gasteiger partial charge in [-0.2, -0.15) is 0 Å². The molecule has 0 saturated carbocycles. The third-order valence-electron chi connectivity index (χ3n) is 2.78. The van der Waals surface area contributed by atoms with Gasteiger partial charge in [0.15, 0.2) is 0 Å². The normalized spacial score (nSPS) is 10.6. The highest BCUT2D eigenvalue weighted by Crippen LogP contribution is 2.27. The van der Waals surface area contributed by atoms with Crippen LogP contribution in [0, 0.1) is 31.3 Å². The van der Waals surface area contributed by atoms with E-state index in [1.165, 1.54) is 18.2 Å². The molecule has 3 heteroatoms. The Morgan fingerprint density at radius 2 is 1.53 bits per heavy atom. The summed E-state index contributed by atoms with van der Waals surface area (Å²) in [7, 11) is 0. The highest BCUT2D eigenvalue weighted by Gasteiger charge is 2.10. The summed E-state index contributed by atoms with van der Waals surface area (Å²) in [5.41, 5.74) is 1.87. The van der Waals surface area contributed by atoms with E-state index in [2.05, 4.69) is 0 Å². The maximum absolute atomic E-state index is 13.4. The van der Waals surface area contributed by atoms with Crippen LogP contribution in [0.5, 0.6) is 0 Å². The fourth-order valence-electron chi connectivity index (χ4n) is 1.76. The van der Waals surface area contributed by atoms with Gasteiger partial charge in [-0.05, 0) is 54.3 Å². The van der Waals surface area contributed by atoms with Crippen LogP contribution >= 0.6 is 0 Å². The minimum atomic E-state index is -0.634. The van der Waals surface area contributed by atoms with Gasteiger partial charge < -0.3 is 0 Å². The van der Waals surface area contributed by atoms with Gasteiger partial charge in [0, 0.05) is 6.07 Å². The number of benzene rings is 2. The summed E-state index contributed by atoms with van der Waals surface area (Å²) in [6, 6.07) is 6.49. The molecule has 0 atom stereocenters. The first kappa shape index (κ1) is 11.7. The predicted octanol–water partition coefficient (Wildman–Crippen LogP) is 4.39. The third-order valence-corrected chi connectivity index (χ3v) is 2.78. The quantitative estimate of drug-likeness (QED) is 0.689. The molecule has 0 fully saturated rings. The Morgan fingerprint density at radius 1 is 0.824 bits per heavy atom. The first-order valence-corrected chi connectivity index (χ1v) is 5.21. The number of hydrogen-bond acceptors (Lipinski definition) is 0. The van der Waals surface area contributed by atoms with Gasteiger partial charge in [-0.1, -0.05) is 6.07 Å². The van der Waals surface area contributed by atoms with E-state index in [4.69, 9.17) is 0 Å². The molecule has 0 unspecified atom stereocenters. The monoisotopic (exact) mass is 236 g/mol. The Kier molecular flexibility index (Phi) is 2.92. The summed E-state index contributed by atoms with van der Waals surface area (Å²) in [6.45, 7) is 3.19. The van der Waals surface area contributed by atoms with Gasteiger partial charge in [-0.25, -0.2) is 13.2 Å². The van der Waals surface area contributed by atoms with Crippen LogP contribution in [0.2, 0.25) is 0 Å². The van der Waals surface area contributed by atoms with Crippen molar-refractivity contribution in [2.45, 2.75) is 13.8 Å². The van der Waals surface area contributed by atoms with Gasteiger partial charge in [0.05, 0.1) is 0 Å². The second-order valence-corrected chi connectivity index (χ2v) is 4.02. The van der Waals surface area contributed by atoms with Crippen LogP contribution < -0.4 is 0 Å². The third kappa shape index (κ3) is 2.18. The Bertz CT molecular complexity index is 574. The zero-order valence-electron chi connectivity index (χ0n) is 9.52. The minimum Gasteiger partial charge on any atom is -0.207 e. The van der Waals surface area contributed by atoms with Crippen molar-refractivity contribution in [1.29, 1.82) is 0 Å². The van der Waals surface area contributed by atoms with Crippen LogP contribution in [-0.2, 0) is 0 Å². The molecule has 0 aliphatic heterocycles. The maximum Gasteiger partial charge on any atom is 0.129 e. The van der Waals surface area contributed by atoms with Crippen molar-refractivity contribution in [3.63, 3.8) is 0 Å². The van der Waals surface area contributed by atoms with Crippen molar-refractivity contribution >= 4 is 0 Å². The zero-order valence-corrected chi connectivity index (χ0v) is 9.52. The Balaban J connectivity index is 2.64. The van der Waals surface area contributed by atoms with E-state index in [1.54, 1.807) is 19.9 Å². The Morgan fingerprint density at radius 3 is 2.18 bits per heavy atom. The average Bonchev–Trinajstić information content (AvgIpc) is 2.27. The summed E-state index contributed by atoms with van der Waals surface area (Å²) >= 11 is 0. The summed E-state index contributed by atoms with van der Waals surface area (Å²) in [4.78, 5) is 0. The van der Waals surface area contributed by atoms with E-state index in [9.17, 15) is 13.2 Å². The summed E-state index contributed by atoms with van der Waals surface area (Å²) in [5, 5.41) is 0. The number of halogens is 3. The summed E-state index contributed by atoms with van der Waals surface area (Å²) < 4.78 is 39.7. The summed E-state index contributed by atoms with van der Waals surface area (Å²) in [5.74, 6) is -1.56. The van der Waals surface area contributed by atoms with E-state index >= 15 is 0 Å². The molecule has 2 rings (SSSR count). The molecule has 0 amide bonds. The highest BCUT2D eigenvalue weighted by molar-refractivity contribution is 5.68. The zero-order chi connectivity index (χ0) is 12.6. The SMILES string of the molecule is Cc1cc(-c2cc(F)cc(F)c2C)ccc1F. The van der Waals surface area contributed by atoms with Gasteiger partial charge in [0.2, 0.25) is 0 Å². The molecule has 0 N–H and O–H groups in total. The van der Waals surface area contributed by atoms with Crippen LogP contribution in [0.1, 0.15) is 11.1 Å². The Labute approximate surface area is 97.7 Å². The van der Waals surface area contributed by atoms with Gasteiger partial charge in [0.1, 0.15) is 17.5 Å². The molecule has 17 heavy (non-hydrogen) atoms. The molecule has 0 heterocycles. The second-order valence-electron chi connectivity index (χ2n) is 4.02. The molecule has 0 spiro atoms. The van der Waals surface area contributed by atoms with Crippen LogP contribution in [0.3, 0.4) is 0 Å². The van der Waals surface area contributed by atoms with Gasteiger partial charge in [0.25, 0.3) is 0 Å². The molecule has 88 valence electrons. The molecule has 0 aromatic heterocycles. The van der Waals surface area contributed by atoms with E-state index in [0.717, 1.165) is 6.07 Å². The Hall–Kier alpha value is -1.77. The fourth-order valence-corrected chi connectivity index (χ4v) is 1.76. The predicted molar refractivity (Wildman–Crippen MR) is 61.2 cm³/mol. The van der Waals surface area contributed by atoms with Gasteiger partial charge in [-0.15, -0.1) is 0 Å². The average molecular weight is 236 g/mol. The lowest BCUT2D eigenvalue weighted by Gasteiger charge is -2.08. The van der Waals surface area contributed by atoms with Gasteiger partial charge in [-0.3, -0.25) is 0 Å². The lowest BCUT2D eigenvalue weighted by molar-refractivity contribution is 0.578. The van der Waals surface area contributed by atoms with Crippen molar-refractivity contribution in [2.24, 2.45) is 0 Å². The second kappa shape index (κ2) is 4.24. The smallest absolute Gasteiger partial charge is 0.129 e. The number of hydrogen-bond donors (Lipinski definition) is 0.